The van der Waals surface area contributed by atoms with Gasteiger partial charge >= 0.3 is 0 Å². The minimum Gasteiger partial charge on any atom is -0.313 e. The number of aromatic nitrogens is 4. The fourth-order valence-electron chi connectivity index (χ4n) is 2.05. The Morgan fingerprint density at radius 1 is 1.43 bits per heavy atom. The Hall–Kier alpha value is -0.920. The summed E-state index contributed by atoms with van der Waals surface area (Å²) in [5, 5.41) is 16.3. The molecule has 1 aliphatic carbocycles. The molecule has 1 aromatic heterocycles. The van der Waals surface area contributed by atoms with Gasteiger partial charge in [0.1, 0.15) is 0 Å². The van der Waals surface area contributed by atoms with E-state index in [1.165, 1.54) is 18.4 Å². The zero-order valence-electron chi connectivity index (χ0n) is 11.9. The lowest BCUT2D eigenvalue weighted by atomic mass is 10.2. The van der Waals surface area contributed by atoms with Crippen molar-refractivity contribution in [1.29, 1.82) is 0 Å². The molecule has 3 rings (SSSR count). The third-order valence-electron chi connectivity index (χ3n) is 3.31. The molecule has 0 bridgehead atoms. The Labute approximate surface area is 137 Å². The average Bonchev–Trinajstić information content (AvgIpc) is 3.22. The molecule has 21 heavy (non-hydrogen) atoms. The quantitative estimate of drug-likeness (QED) is 0.759. The van der Waals surface area contributed by atoms with Gasteiger partial charge in [-0.25, -0.2) is 4.68 Å². The van der Waals surface area contributed by atoms with E-state index in [0.29, 0.717) is 6.04 Å². The Morgan fingerprint density at radius 2 is 2.29 bits per heavy atom. The van der Waals surface area contributed by atoms with Crippen LogP contribution in [0.15, 0.2) is 32.7 Å². The van der Waals surface area contributed by atoms with Crippen molar-refractivity contribution in [1.82, 2.24) is 25.5 Å². The average molecular weight is 368 g/mol. The van der Waals surface area contributed by atoms with Gasteiger partial charge in [0.05, 0.1) is 6.04 Å². The molecular weight excluding hydrogens is 350 g/mol. The van der Waals surface area contributed by atoms with E-state index in [1.807, 2.05) is 4.68 Å². The van der Waals surface area contributed by atoms with Crippen LogP contribution in [0.4, 0.5) is 0 Å². The largest absolute Gasteiger partial charge is 0.313 e. The Balaban J connectivity index is 1.69. The monoisotopic (exact) mass is 367 g/mol. The highest BCUT2D eigenvalue weighted by molar-refractivity contribution is 9.10. The number of hydrogen-bond donors (Lipinski definition) is 1. The van der Waals surface area contributed by atoms with Crippen molar-refractivity contribution in [2.24, 2.45) is 0 Å². The molecule has 1 aliphatic rings. The molecule has 1 saturated carbocycles. The number of benzene rings is 1. The molecule has 1 aromatic carbocycles. The molecule has 1 heterocycles. The number of hydrogen-bond acceptors (Lipinski definition) is 5. The molecule has 1 N–H and O–H groups in total. The molecular formula is C14H18BrN5S. The second kappa shape index (κ2) is 6.89. The standard InChI is InChI=1S/C14H18BrN5S/c1-2-7-16-9-10-3-6-13(12(15)8-10)21-14-17-18-19-20(14)11-4-5-11/h3,6,8,11,16H,2,4-5,7,9H2,1H3. The second-order valence-electron chi connectivity index (χ2n) is 5.18. The first-order valence-electron chi connectivity index (χ1n) is 7.22. The normalized spacial score (nSPS) is 14.6. The summed E-state index contributed by atoms with van der Waals surface area (Å²) in [6, 6.07) is 6.94. The summed E-state index contributed by atoms with van der Waals surface area (Å²) in [4.78, 5) is 1.14. The van der Waals surface area contributed by atoms with Crippen LogP contribution in [0.25, 0.3) is 0 Å². The Morgan fingerprint density at radius 3 is 3.00 bits per heavy atom. The van der Waals surface area contributed by atoms with Crippen molar-refractivity contribution in [3.05, 3.63) is 28.2 Å². The van der Waals surface area contributed by atoms with E-state index in [2.05, 4.69) is 61.9 Å². The number of nitrogens with one attached hydrogen (secondary N) is 1. The van der Waals surface area contributed by atoms with Gasteiger partial charge in [-0.1, -0.05) is 13.0 Å². The van der Waals surface area contributed by atoms with Crippen LogP contribution in [0.3, 0.4) is 0 Å². The van der Waals surface area contributed by atoms with Crippen LogP contribution >= 0.6 is 27.7 Å². The van der Waals surface area contributed by atoms with E-state index >= 15 is 0 Å². The van der Waals surface area contributed by atoms with E-state index in [0.717, 1.165) is 34.0 Å². The van der Waals surface area contributed by atoms with Crippen LogP contribution in [0.1, 0.15) is 37.8 Å². The fourth-order valence-corrected chi connectivity index (χ4v) is 3.56. The van der Waals surface area contributed by atoms with Gasteiger partial charge < -0.3 is 5.32 Å². The zero-order chi connectivity index (χ0) is 14.7. The topological polar surface area (TPSA) is 55.6 Å². The van der Waals surface area contributed by atoms with Crippen LogP contribution in [0.2, 0.25) is 0 Å². The SMILES string of the molecule is CCCNCc1ccc(Sc2nnnn2C2CC2)c(Br)c1. The fraction of sp³-hybridized carbons (Fsp3) is 0.500. The van der Waals surface area contributed by atoms with Crippen molar-refractivity contribution in [2.45, 2.75) is 48.8 Å². The molecule has 0 spiro atoms. The summed E-state index contributed by atoms with van der Waals surface area (Å²) in [7, 11) is 0. The number of nitrogens with zero attached hydrogens (tertiary/aromatic N) is 4. The van der Waals surface area contributed by atoms with E-state index in [4.69, 9.17) is 0 Å². The van der Waals surface area contributed by atoms with Gasteiger partial charge in [-0.2, -0.15) is 0 Å². The number of tetrazole rings is 1. The lowest BCUT2D eigenvalue weighted by Gasteiger charge is -2.08. The lowest BCUT2D eigenvalue weighted by Crippen LogP contribution is -2.13. The maximum atomic E-state index is 4.13. The van der Waals surface area contributed by atoms with Crippen LogP contribution in [0, 0.1) is 0 Å². The van der Waals surface area contributed by atoms with Crippen molar-refractivity contribution in [3.63, 3.8) is 0 Å². The van der Waals surface area contributed by atoms with E-state index in [1.54, 1.807) is 11.8 Å². The zero-order valence-corrected chi connectivity index (χ0v) is 14.3. The van der Waals surface area contributed by atoms with Gasteiger partial charge in [-0.05, 0) is 81.6 Å². The van der Waals surface area contributed by atoms with Crippen LogP contribution in [0.5, 0.6) is 0 Å². The van der Waals surface area contributed by atoms with E-state index in [-0.39, 0.29) is 0 Å². The smallest absolute Gasteiger partial charge is 0.214 e. The third kappa shape index (κ3) is 3.84. The van der Waals surface area contributed by atoms with Crippen molar-refractivity contribution >= 4 is 27.7 Å². The highest BCUT2D eigenvalue weighted by atomic mass is 79.9. The highest BCUT2D eigenvalue weighted by Crippen LogP contribution is 2.39. The molecule has 0 aliphatic heterocycles. The number of halogens is 1. The summed E-state index contributed by atoms with van der Waals surface area (Å²) >= 11 is 5.27. The Kier molecular flexibility index (Phi) is 4.92. The third-order valence-corrected chi connectivity index (χ3v) is 5.25. The minimum absolute atomic E-state index is 0.499. The second-order valence-corrected chi connectivity index (χ2v) is 7.04. The molecule has 0 radical (unpaired) electrons. The molecule has 112 valence electrons. The van der Waals surface area contributed by atoms with Gasteiger partial charge in [0.2, 0.25) is 5.16 Å². The van der Waals surface area contributed by atoms with E-state index < -0.39 is 0 Å². The highest BCUT2D eigenvalue weighted by Gasteiger charge is 2.28. The van der Waals surface area contributed by atoms with Crippen LogP contribution in [-0.4, -0.2) is 26.8 Å². The van der Waals surface area contributed by atoms with Gasteiger partial charge in [0.15, 0.2) is 0 Å². The van der Waals surface area contributed by atoms with Crippen molar-refractivity contribution in [3.8, 4) is 0 Å². The van der Waals surface area contributed by atoms with Gasteiger partial charge in [-0.15, -0.1) is 5.10 Å². The summed E-state index contributed by atoms with van der Waals surface area (Å²) < 4.78 is 3.03. The molecule has 0 saturated heterocycles. The van der Waals surface area contributed by atoms with E-state index in [9.17, 15) is 0 Å². The molecule has 7 heteroatoms. The molecule has 1 fully saturated rings. The molecule has 2 aromatic rings. The predicted octanol–water partition coefficient (Wildman–Crippen LogP) is 3.42. The van der Waals surface area contributed by atoms with Crippen LogP contribution in [-0.2, 0) is 6.54 Å². The van der Waals surface area contributed by atoms with Crippen molar-refractivity contribution in [2.75, 3.05) is 6.54 Å². The lowest BCUT2D eigenvalue weighted by molar-refractivity contribution is 0.565. The predicted molar refractivity (Wildman–Crippen MR) is 86.4 cm³/mol. The summed E-state index contributed by atoms with van der Waals surface area (Å²) in [6.45, 7) is 4.12. The first kappa shape index (κ1) is 15.0. The molecule has 0 unspecified atom stereocenters. The maximum absolute atomic E-state index is 4.13. The molecule has 0 atom stereocenters. The van der Waals surface area contributed by atoms with Gasteiger partial charge in [0, 0.05) is 15.9 Å². The Bertz CT molecular complexity index is 611. The summed E-state index contributed by atoms with van der Waals surface area (Å²) in [5.41, 5.74) is 1.28. The summed E-state index contributed by atoms with van der Waals surface area (Å²) in [5.74, 6) is 0. The minimum atomic E-state index is 0.499. The first-order valence-corrected chi connectivity index (χ1v) is 8.83. The maximum Gasteiger partial charge on any atom is 0.214 e. The number of rotatable bonds is 7. The summed E-state index contributed by atoms with van der Waals surface area (Å²) in [6.07, 6.45) is 3.52. The van der Waals surface area contributed by atoms with Crippen molar-refractivity contribution < 1.29 is 0 Å². The van der Waals surface area contributed by atoms with Gasteiger partial charge in [0.25, 0.3) is 0 Å². The molecule has 0 amide bonds. The van der Waals surface area contributed by atoms with Gasteiger partial charge in [-0.3, -0.25) is 0 Å². The van der Waals surface area contributed by atoms with Crippen LogP contribution < -0.4 is 5.32 Å². The molecule has 5 nitrogen and oxygen atoms in total. The first-order chi connectivity index (χ1) is 10.3.